The van der Waals surface area contributed by atoms with E-state index in [2.05, 4.69) is 5.32 Å². The zero-order valence-electron chi connectivity index (χ0n) is 13.4. The molecule has 0 aliphatic carbocycles. The van der Waals surface area contributed by atoms with Crippen molar-refractivity contribution >= 4 is 23.2 Å². The smallest absolute Gasteiger partial charge is 0.263 e. The largest absolute Gasteiger partial charge is 0.322 e. The van der Waals surface area contributed by atoms with Crippen molar-refractivity contribution in [2.24, 2.45) is 0 Å². The summed E-state index contributed by atoms with van der Waals surface area (Å²) in [5, 5.41) is 2.35. The van der Waals surface area contributed by atoms with Crippen LogP contribution in [0.25, 0.3) is 0 Å². The molecular weight excluding hydrogens is 362 g/mol. The lowest BCUT2D eigenvalue weighted by Gasteiger charge is -2.10. The number of hydrogen-bond acceptors (Lipinski definition) is 2. The summed E-state index contributed by atoms with van der Waals surface area (Å²) in [5.41, 5.74) is -0.103. The number of amides is 1. The fourth-order valence-electron chi connectivity index (χ4n) is 2.42. The van der Waals surface area contributed by atoms with Gasteiger partial charge in [0.05, 0.1) is 11.6 Å². The molecule has 26 heavy (non-hydrogen) atoms. The van der Waals surface area contributed by atoms with E-state index < -0.39 is 23.1 Å². The predicted octanol–water partition coefficient (Wildman–Crippen LogP) is 4.08. The molecule has 0 unspecified atom stereocenters. The highest BCUT2D eigenvalue weighted by Gasteiger charge is 2.14. The number of benzene rings is 2. The molecule has 3 aromatic rings. The maximum Gasteiger partial charge on any atom is 0.263 e. The fourth-order valence-corrected chi connectivity index (χ4v) is 2.60. The van der Waals surface area contributed by atoms with Gasteiger partial charge in [-0.2, -0.15) is 0 Å². The molecule has 7 heteroatoms. The highest BCUT2D eigenvalue weighted by Crippen LogP contribution is 2.19. The van der Waals surface area contributed by atoms with E-state index in [9.17, 15) is 18.4 Å². The van der Waals surface area contributed by atoms with Gasteiger partial charge in [0, 0.05) is 17.4 Å². The first-order valence-corrected chi connectivity index (χ1v) is 8.03. The van der Waals surface area contributed by atoms with Gasteiger partial charge in [0.2, 0.25) is 0 Å². The number of carbonyl (C=O) groups excluding carboxylic acids is 1. The molecule has 1 heterocycles. The molecule has 0 atom stereocenters. The van der Waals surface area contributed by atoms with E-state index >= 15 is 0 Å². The topological polar surface area (TPSA) is 51.1 Å². The monoisotopic (exact) mass is 374 g/mol. The molecule has 132 valence electrons. The van der Waals surface area contributed by atoms with Gasteiger partial charge in [0.25, 0.3) is 11.5 Å². The maximum atomic E-state index is 13.8. The van der Waals surface area contributed by atoms with Crippen LogP contribution in [0.3, 0.4) is 0 Å². The van der Waals surface area contributed by atoms with Crippen molar-refractivity contribution < 1.29 is 13.6 Å². The summed E-state index contributed by atoms with van der Waals surface area (Å²) in [4.78, 5) is 24.9. The Bertz CT molecular complexity index is 1030. The molecule has 4 nitrogen and oxygen atoms in total. The molecule has 0 radical (unpaired) electrons. The zero-order chi connectivity index (χ0) is 18.7. The second-order valence-electron chi connectivity index (χ2n) is 5.53. The van der Waals surface area contributed by atoms with Crippen molar-refractivity contribution in [3.8, 4) is 0 Å². The van der Waals surface area contributed by atoms with Crippen LogP contribution >= 0.6 is 11.6 Å². The molecule has 0 saturated carbocycles. The van der Waals surface area contributed by atoms with Crippen LogP contribution in [-0.2, 0) is 6.54 Å². The number of aromatic nitrogens is 1. The molecule has 0 bridgehead atoms. The summed E-state index contributed by atoms with van der Waals surface area (Å²) in [7, 11) is 0. The van der Waals surface area contributed by atoms with Crippen molar-refractivity contribution in [2.75, 3.05) is 5.32 Å². The molecule has 3 rings (SSSR count). The Kier molecular flexibility index (Phi) is 5.14. The molecule has 0 fully saturated rings. The van der Waals surface area contributed by atoms with Crippen molar-refractivity contribution in [1.82, 2.24) is 4.57 Å². The van der Waals surface area contributed by atoms with Crippen LogP contribution in [-0.4, -0.2) is 10.5 Å². The first-order chi connectivity index (χ1) is 12.5. The highest BCUT2D eigenvalue weighted by molar-refractivity contribution is 6.31. The third-order valence-corrected chi connectivity index (χ3v) is 4.03. The first kappa shape index (κ1) is 17.8. The van der Waals surface area contributed by atoms with Gasteiger partial charge in [0.1, 0.15) is 17.2 Å². The van der Waals surface area contributed by atoms with E-state index in [1.807, 2.05) is 0 Å². The zero-order valence-corrected chi connectivity index (χ0v) is 14.1. The Hall–Kier alpha value is -2.99. The molecule has 0 spiro atoms. The minimum absolute atomic E-state index is 0.00496. The third-order valence-electron chi connectivity index (χ3n) is 3.74. The van der Waals surface area contributed by atoms with Gasteiger partial charge in [-0.25, -0.2) is 8.78 Å². The molecule has 0 aliphatic rings. The first-order valence-electron chi connectivity index (χ1n) is 7.65. The summed E-state index contributed by atoms with van der Waals surface area (Å²) >= 11 is 5.68. The fraction of sp³-hybridized carbons (Fsp3) is 0.0526. The highest BCUT2D eigenvalue weighted by atomic mass is 35.5. The van der Waals surface area contributed by atoms with Crippen LogP contribution in [0.5, 0.6) is 0 Å². The number of nitrogens with zero attached hydrogens (tertiary/aromatic N) is 1. The van der Waals surface area contributed by atoms with Crippen molar-refractivity contribution in [3.63, 3.8) is 0 Å². The second-order valence-corrected chi connectivity index (χ2v) is 5.94. The van der Waals surface area contributed by atoms with E-state index in [0.717, 1.165) is 6.07 Å². The number of nitrogens with one attached hydrogen (secondary N) is 1. The Balaban J connectivity index is 1.86. The molecule has 1 amide bonds. The van der Waals surface area contributed by atoms with Crippen LogP contribution in [0.15, 0.2) is 65.6 Å². The van der Waals surface area contributed by atoms with Gasteiger partial charge >= 0.3 is 0 Å². The third kappa shape index (κ3) is 3.81. The van der Waals surface area contributed by atoms with E-state index in [1.165, 1.54) is 41.1 Å². The molecule has 2 aromatic carbocycles. The van der Waals surface area contributed by atoms with Crippen molar-refractivity contribution in [1.29, 1.82) is 0 Å². The van der Waals surface area contributed by atoms with E-state index in [1.54, 1.807) is 18.2 Å². The summed E-state index contributed by atoms with van der Waals surface area (Å²) in [6.45, 7) is -0.00496. The average Bonchev–Trinajstić information content (AvgIpc) is 2.61. The average molecular weight is 375 g/mol. The van der Waals surface area contributed by atoms with E-state index in [-0.39, 0.29) is 22.8 Å². The number of halogens is 3. The molecular formula is C19H13ClF2N2O2. The van der Waals surface area contributed by atoms with Gasteiger partial charge in [-0.05, 0) is 36.4 Å². The standard InChI is InChI=1S/C19H13ClF2N2O2/c20-15-10-13(7-8-17(15)22)23-18(25)14-5-3-9-24(19(14)26)11-12-4-1-2-6-16(12)21/h1-10H,11H2,(H,23,25). The number of rotatable bonds is 4. The normalized spacial score (nSPS) is 10.6. The van der Waals surface area contributed by atoms with Crippen molar-refractivity contribution in [2.45, 2.75) is 6.54 Å². The minimum atomic E-state index is -0.666. The van der Waals surface area contributed by atoms with Crippen LogP contribution in [0.4, 0.5) is 14.5 Å². The number of carbonyl (C=O) groups is 1. The Morgan fingerprint density at radius 1 is 1.04 bits per heavy atom. The lowest BCUT2D eigenvalue weighted by Crippen LogP contribution is -2.29. The van der Waals surface area contributed by atoms with Crippen LogP contribution in [0.1, 0.15) is 15.9 Å². The van der Waals surface area contributed by atoms with Crippen LogP contribution in [0.2, 0.25) is 5.02 Å². The Morgan fingerprint density at radius 2 is 1.81 bits per heavy atom. The number of hydrogen-bond donors (Lipinski definition) is 1. The molecule has 0 saturated heterocycles. The molecule has 1 N–H and O–H groups in total. The van der Waals surface area contributed by atoms with Gasteiger partial charge in [-0.3, -0.25) is 9.59 Å². The lowest BCUT2D eigenvalue weighted by molar-refractivity contribution is 0.102. The van der Waals surface area contributed by atoms with E-state index in [4.69, 9.17) is 11.6 Å². The lowest BCUT2D eigenvalue weighted by atomic mass is 10.2. The Morgan fingerprint density at radius 3 is 2.54 bits per heavy atom. The second kappa shape index (κ2) is 7.49. The van der Waals surface area contributed by atoms with Gasteiger partial charge in [-0.1, -0.05) is 29.8 Å². The minimum Gasteiger partial charge on any atom is -0.322 e. The quantitative estimate of drug-likeness (QED) is 0.748. The Labute approximate surface area is 152 Å². The SMILES string of the molecule is O=C(Nc1ccc(F)c(Cl)c1)c1cccn(Cc2ccccc2F)c1=O. The van der Waals surface area contributed by atoms with Crippen LogP contribution in [0, 0.1) is 11.6 Å². The summed E-state index contributed by atoms with van der Waals surface area (Å²) in [6.07, 6.45) is 1.47. The van der Waals surface area contributed by atoms with Gasteiger partial charge in [0.15, 0.2) is 0 Å². The summed E-state index contributed by atoms with van der Waals surface area (Å²) in [6, 6.07) is 12.7. The van der Waals surface area contributed by atoms with Gasteiger partial charge in [-0.15, -0.1) is 0 Å². The number of anilines is 1. The molecule has 1 aromatic heterocycles. The van der Waals surface area contributed by atoms with Crippen LogP contribution < -0.4 is 10.9 Å². The van der Waals surface area contributed by atoms with E-state index in [0.29, 0.717) is 5.56 Å². The van der Waals surface area contributed by atoms with Gasteiger partial charge < -0.3 is 9.88 Å². The molecule has 0 aliphatic heterocycles. The summed E-state index contributed by atoms with van der Waals surface area (Å²) < 4.78 is 28.2. The number of pyridine rings is 1. The van der Waals surface area contributed by atoms with Crippen molar-refractivity contribution in [3.05, 3.63) is 98.9 Å². The predicted molar refractivity (Wildman–Crippen MR) is 95.6 cm³/mol. The summed E-state index contributed by atoms with van der Waals surface area (Å²) in [5.74, 6) is -1.72. The maximum absolute atomic E-state index is 13.8.